The van der Waals surface area contributed by atoms with E-state index in [1.807, 2.05) is 0 Å². The zero-order valence-corrected chi connectivity index (χ0v) is 12.7. The van der Waals surface area contributed by atoms with Gasteiger partial charge in [0, 0.05) is 18.6 Å². The van der Waals surface area contributed by atoms with Crippen LogP contribution in [0.5, 0.6) is 0 Å². The van der Waals surface area contributed by atoms with Crippen molar-refractivity contribution in [2.45, 2.75) is 58.0 Å². The van der Waals surface area contributed by atoms with Gasteiger partial charge in [-0.1, -0.05) is 18.2 Å². The second kappa shape index (κ2) is 6.53. The van der Waals surface area contributed by atoms with Crippen molar-refractivity contribution in [2.24, 2.45) is 5.73 Å². The SMILES string of the molecule is Cc1ccc(CCN(C)C2CCC(N)CC2)cc1C. The van der Waals surface area contributed by atoms with E-state index >= 15 is 0 Å². The van der Waals surface area contributed by atoms with Crippen LogP contribution in [-0.2, 0) is 6.42 Å². The fourth-order valence-electron chi connectivity index (χ4n) is 2.99. The number of nitrogens with zero attached hydrogens (tertiary/aromatic N) is 1. The molecule has 0 aliphatic heterocycles. The van der Waals surface area contributed by atoms with Gasteiger partial charge in [0.15, 0.2) is 0 Å². The largest absolute Gasteiger partial charge is 0.328 e. The fourth-order valence-corrected chi connectivity index (χ4v) is 2.99. The molecule has 1 fully saturated rings. The van der Waals surface area contributed by atoms with Gasteiger partial charge in [-0.25, -0.2) is 0 Å². The van der Waals surface area contributed by atoms with Crippen LogP contribution >= 0.6 is 0 Å². The molecular weight excluding hydrogens is 232 g/mol. The van der Waals surface area contributed by atoms with E-state index in [1.54, 1.807) is 0 Å². The van der Waals surface area contributed by atoms with E-state index in [4.69, 9.17) is 5.73 Å². The van der Waals surface area contributed by atoms with Crippen molar-refractivity contribution >= 4 is 0 Å². The van der Waals surface area contributed by atoms with Crippen molar-refractivity contribution in [2.75, 3.05) is 13.6 Å². The quantitative estimate of drug-likeness (QED) is 0.901. The number of benzene rings is 1. The number of aryl methyl sites for hydroxylation is 2. The third-order valence-corrected chi connectivity index (χ3v) is 4.69. The molecule has 0 amide bonds. The fraction of sp³-hybridized carbons (Fsp3) is 0.647. The molecule has 1 aromatic carbocycles. The summed E-state index contributed by atoms with van der Waals surface area (Å²) in [5, 5.41) is 0. The minimum Gasteiger partial charge on any atom is -0.328 e. The first-order valence-electron chi connectivity index (χ1n) is 7.58. The van der Waals surface area contributed by atoms with Gasteiger partial charge in [0.05, 0.1) is 0 Å². The summed E-state index contributed by atoms with van der Waals surface area (Å²) in [5.74, 6) is 0. The van der Waals surface area contributed by atoms with Crippen LogP contribution < -0.4 is 5.73 Å². The number of likely N-dealkylation sites (N-methyl/N-ethyl adjacent to an activating group) is 1. The topological polar surface area (TPSA) is 29.3 Å². The highest BCUT2D eigenvalue weighted by atomic mass is 15.1. The average molecular weight is 260 g/mol. The molecule has 19 heavy (non-hydrogen) atoms. The van der Waals surface area contributed by atoms with Crippen LogP contribution in [-0.4, -0.2) is 30.6 Å². The van der Waals surface area contributed by atoms with Gasteiger partial charge in [-0.15, -0.1) is 0 Å². The Hall–Kier alpha value is -0.860. The summed E-state index contributed by atoms with van der Waals surface area (Å²) in [6.45, 7) is 5.53. The zero-order valence-electron chi connectivity index (χ0n) is 12.7. The van der Waals surface area contributed by atoms with E-state index in [2.05, 4.69) is 44.0 Å². The molecule has 2 rings (SSSR count). The number of rotatable bonds is 4. The Kier molecular flexibility index (Phi) is 5.00. The van der Waals surface area contributed by atoms with Gasteiger partial charge >= 0.3 is 0 Å². The Balaban J connectivity index is 1.82. The molecule has 0 bridgehead atoms. The Morgan fingerprint density at radius 2 is 1.79 bits per heavy atom. The van der Waals surface area contributed by atoms with Crippen LogP contribution in [0.3, 0.4) is 0 Å². The lowest BCUT2D eigenvalue weighted by molar-refractivity contribution is 0.185. The predicted octanol–water partition coefficient (Wildman–Crippen LogP) is 3.05. The van der Waals surface area contributed by atoms with Crippen LogP contribution in [0.15, 0.2) is 18.2 Å². The van der Waals surface area contributed by atoms with Crippen LogP contribution in [0.1, 0.15) is 42.4 Å². The molecule has 0 spiro atoms. The first-order chi connectivity index (χ1) is 9.06. The van der Waals surface area contributed by atoms with Crippen LogP contribution in [0, 0.1) is 13.8 Å². The summed E-state index contributed by atoms with van der Waals surface area (Å²) < 4.78 is 0. The second-order valence-electron chi connectivity index (χ2n) is 6.22. The van der Waals surface area contributed by atoms with Crippen molar-refractivity contribution in [3.05, 3.63) is 34.9 Å². The highest BCUT2D eigenvalue weighted by Crippen LogP contribution is 2.21. The first kappa shape index (κ1) is 14.5. The van der Waals surface area contributed by atoms with Crippen molar-refractivity contribution in [3.63, 3.8) is 0 Å². The van der Waals surface area contributed by atoms with E-state index in [0.29, 0.717) is 6.04 Å². The summed E-state index contributed by atoms with van der Waals surface area (Å²) in [5.41, 5.74) is 10.2. The minimum atomic E-state index is 0.449. The van der Waals surface area contributed by atoms with Crippen molar-refractivity contribution < 1.29 is 0 Å². The van der Waals surface area contributed by atoms with Gasteiger partial charge in [0.25, 0.3) is 0 Å². The Bertz CT molecular complexity index is 406. The van der Waals surface area contributed by atoms with Gasteiger partial charge in [0.1, 0.15) is 0 Å². The van der Waals surface area contributed by atoms with Crippen LogP contribution in [0.4, 0.5) is 0 Å². The van der Waals surface area contributed by atoms with Gasteiger partial charge in [-0.3, -0.25) is 0 Å². The third kappa shape index (κ3) is 4.05. The maximum atomic E-state index is 5.97. The van der Waals surface area contributed by atoms with Crippen molar-refractivity contribution in [1.82, 2.24) is 4.90 Å². The maximum absolute atomic E-state index is 5.97. The molecule has 106 valence electrons. The van der Waals surface area contributed by atoms with Gasteiger partial charge in [-0.2, -0.15) is 0 Å². The maximum Gasteiger partial charge on any atom is 0.00934 e. The average Bonchev–Trinajstić information content (AvgIpc) is 2.40. The summed E-state index contributed by atoms with van der Waals surface area (Å²) in [6, 6.07) is 8.03. The van der Waals surface area contributed by atoms with E-state index < -0.39 is 0 Å². The van der Waals surface area contributed by atoms with Crippen LogP contribution in [0.2, 0.25) is 0 Å². The number of hydrogen-bond acceptors (Lipinski definition) is 2. The van der Waals surface area contributed by atoms with Gasteiger partial charge < -0.3 is 10.6 Å². The standard InChI is InChI=1S/C17H28N2/c1-13-4-5-15(12-14(13)2)10-11-19(3)17-8-6-16(18)7-9-17/h4-5,12,16-17H,6-11,18H2,1-3H3. The smallest absolute Gasteiger partial charge is 0.00934 e. The molecule has 2 heteroatoms. The molecule has 0 atom stereocenters. The van der Waals surface area contributed by atoms with E-state index in [0.717, 1.165) is 19.0 Å². The summed E-state index contributed by atoms with van der Waals surface area (Å²) in [4.78, 5) is 2.53. The Labute approximate surface area is 118 Å². The van der Waals surface area contributed by atoms with Crippen LogP contribution in [0.25, 0.3) is 0 Å². The van der Waals surface area contributed by atoms with E-state index in [1.165, 1.54) is 42.4 Å². The number of hydrogen-bond donors (Lipinski definition) is 1. The molecular formula is C17H28N2. The summed E-state index contributed by atoms with van der Waals surface area (Å²) in [6.07, 6.45) is 6.08. The number of nitrogens with two attached hydrogens (primary N) is 1. The minimum absolute atomic E-state index is 0.449. The van der Waals surface area contributed by atoms with Gasteiger partial charge in [0.2, 0.25) is 0 Å². The normalized spacial score (nSPS) is 23.8. The van der Waals surface area contributed by atoms with E-state index in [9.17, 15) is 0 Å². The molecule has 2 nitrogen and oxygen atoms in total. The molecule has 0 heterocycles. The lowest BCUT2D eigenvalue weighted by Crippen LogP contribution is -2.39. The highest BCUT2D eigenvalue weighted by Gasteiger charge is 2.21. The third-order valence-electron chi connectivity index (χ3n) is 4.69. The Morgan fingerprint density at radius 1 is 1.11 bits per heavy atom. The molecule has 2 N–H and O–H groups in total. The molecule has 0 saturated heterocycles. The predicted molar refractivity (Wildman–Crippen MR) is 82.5 cm³/mol. The molecule has 1 saturated carbocycles. The molecule has 1 aliphatic rings. The van der Waals surface area contributed by atoms with Crippen molar-refractivity contribution in [1.29, 1.82) is 0 Å². The first-order valence-corrected chi connectivity index (χ1v) is 7.58. The molecule has 0 unspecified atom stereocenters. The van der Waals surface area contributed by atoms with E-state index in [-0.39, 0.29) is 0 Å². The Morgan fingerprint density at radius 3 is 2.42 bits per heavy atom. The molecule has 1 aliphatic carbocycles. The van der Waals surface area contributed by atoms with Crippen molar-refractivity contribution in [3.8, 4) is 0 Å². The lowest BCUT2D eigenvalue weighted by Gasteiger charge is -2.33. The second-order valence-corrected chi connectivity index (χ2v) is 6.22. The molecule has 0 aromatic heterocycles. The molecule has 0 radical (unpaired) electrons. The monoisotopic (exact) mass is 260 g/mol. The summed E-state index contributed by atoms with van der Waals surface area (Å²) >= 11 is 0. The zero-order chi connectivity index (χ0) is 13.8. The highest BCUT2D eigenvalue weighted by molar-refractivity contribution is 5.30. The lowest BCUT2D eigenvalue weighted by atomic mass is 9.91. The molecule has 1 aromatic rings. The summed E-state index contributed by atoms with van der Waals surface area (Å²) in [7, 11) is 2.27. The van der Waals surface area contributed by atoms with Gasteiger partial charge in [-0.05, 0) is 69.7 Å².